The molecular weight excluding hydrogens is 156 g/mol. The van der Waals surface area contributed by atoms with E-state index in [1.807, 2.05) is 13.8 Å². The summed E-state index contributed by atoms with van der Waals surface area (Å²) in [6.07, 6.45) is 3.18. The van der Waals surface area contributed by atoms with E-state index in [0.29, 0.717) is 0 Å². The van der Waals surface area contributed by atoms with Gasteiger partial charge in [0, 0.05) is 0 Å². The Hall–Kier alpha value is -1.59. The number of aromatic nitrogens is 3. The van der Waals surface area contributed by atoms with Gasteiger partial charge in [0.25, 0.3) is 0 Å². The maximum Gasteiger partial charge on any atom is 0.209 e. The number of nitrogens with two attached hydrogens (primary N) is 1. The summed E-state index contributed by atoms with van der Waals surface area (Å²) in [5, 5.41) is 16.2. The predicted octanol–water partition coefficient (Wildman–Crippen LogP) is -0.482. The molecule has 0 radical (unpaired) electrons. The Morgan fingerprint density at radius 2 is 2.33 bits per heavy atom. The van der Waals surface area contributed by atoms with Crippen molar-refractivity contribution in [3.63, 3.8) is 0 Å². The third-order valence-electron chi connectivity index (χ3n) is 1.37. The molecule has 6 heteroatoms. The lowest BCUT2D eigenvalue weighted by atomic mass is 10.4. The zero-order chi connectivity index (χ0) is 9.14. The Balaban J connectivity index is 2.88. The third kappa shape index (κ3) is 1.52. The number of guanidine groups is 1. The number of nitrogens with one attached hydrogen (secondary N) is 1. The normalized spacial score (nSPS) is 10.2. The smallest absolute Gasteiger partial charge is 0.209 e. The van der Waals surface area contributed by atoms with Crippen molar-refractivity contribution in [3.8, 4) is 0 Å². The second-order valence-electron chi connectivity index (χ2n) is 2.65. The van der Waals surface area contributed by atoms with Crippen LogP contribution in [0.1, 0.15) is 13.8 Å². The molecule has 0 atom stereocenters. The summed E-state index contributed by atoms with van der Waals surface area (Å²) in [5.41, 5.74) is 5.35. The summed E-state index contributed by atoms with van der Waals surface area (Å²) in [7, 11) is 0. The van der Waals surface area contributed by atoms with E-state index in [1.165, 1.54) is 9.80 Å². The van der Waals surface area contributed by atoms with Crippen LogP contribution in [0.15, 0.2) is 12.4 Å². The van der Waals surface area contributed by atoms with Crippen molar-refractivity contribution in [3.05, 3.63) is 12.4 Å². The van der Waals surface area contributed by atoms with Gasteiger partial charge in [0.1, 0.15) is 0 Å². The zero-order valence-electron chi connectivity index (χ0n) is 7.10. The summed E-state index contributed by atoms with van der Waals surface area (Å²) in [4.78, 5) is 1.44. The highest BCUT2D eigenvalue weighted by Crippen LogP contribution is 1.94. The van der Waals surface area contributed by atoms with E-state index >= 15 is 0 Å². The number of hydrogen-bond acceptors (Lipinski definition) is 3. The van der Waals surface area contributed by atoms with Gasteiger partial charge in [0.15, 0.2) is 0 Å². The van der Waals surface area contributed by atoms with Crippen molar-refractivity contribution in [1.29, 1.82) is 5.41 Å². The molecule has 0 unspecified atom stereocenters. The monoisotopic (exact) mass is 168 g/mol. The molecule has 0 aromatic carbocycles. The van der Waals surface area contributed by atoms with E-state index in [4.69, 9.17) is 11.1 Å². The van der Waals surface area contributed by atoms with Gasteiger partial charge in [-0.1, -0.05) is 0 Å². The van der Waals surface area contributed by atoms with Crippen molar-refractivity contribution >= 4 is 5.96 Å². The van der Waals surface area contributed by atoms with Crippen LogP contribution in [0.2, 0.25) is 0 Å². The van der Waals surface area contributed by atoms with Gasteiger partial charge in [-0.15, -0.1) is 5.10 Å². The molecule has 0 aliphatic rings. The molecular formula is C6H12N6. The number of rotatable bonds is 2. The Labute approximate surface area is 70.4 Å². The molecule has 0 bridgehead atoms. The van der Waals surface area contributed by atoms with Crippen molar-refractivity contribution in [1.82, 2.24) is 15.1 Å². The fourth-order valence-electron chi connectivity index (χ4n) is 0.942. The van der Waals surface area contributed by atoms with Gasteiger partial charge in [-0.05, 0) is 19.1 Å². The third-order valence-corrected chi connectivity index (χ3v) is 1.37. The van der Waals surface area contributed by atoms with Crippen molar-refractivity contribution in [2.24, 2.45) is 5.73 Å². The summed E-state index contributed by atoms with van der Waals surface area (Å²) in [6.45, 7) is 3.84. The first-order chi connectivity index (χ1) is 5.63. The van der Waals surface area contributed by atoms with Crippen LogP contribution in [0.3, 0.4) is 0 Å². The molecule has 0 aliphatic heterocycles. The highest BCUT2D eigenvalue weighted by Gasteiger charge is 2.12. The highest BCUT2D eigenvalue weighted by molar-refractivity contribution is 5.84. The lowest BCUT2D eigenvalue weighted by Gasteiger charge is -2.24. The van der Waals surface area contributed by atoms with Crippen LogP contribution < -0.4 is 10.7 Å². The van der Waals surface area contributed by atoms with E-state index in [-0.39, 0.29) is 12.0 Å². The van der Waals surface area contributed by atoms with Crippen LogP contribution in [0.4, 0.5) is 0 Å². The molecule has 1 heterocycles. The summed E-state index contributed by atoms with van der Waals surface area (Å²) in [6, 6.07) is 0.0872. The molecule has 1 rings (SSSR count). The van der Waals surface area contributed by atoms with E-state index in [9.17, 15) is 0 Å². The number of hydrogen-bond donors (Lipinski definition) is 2. The quantitative estimate of drug-likeness (QED) is 0.461. The summed E-state index contributed by atoms with van der Waals surface area (Å²) in [5.74, 6) is -0.0458. The Morgan fingerprint density at radius 1 is 1.67 bits per heavy atom. The fourth-order valence-corrected chi connectivity index (χ4v) is 0.942. The average molecular weight is 168 g/mol. The van der Waals surface area contributed by atoms with E-state index in [2.05, 4.69) is 10.3 Å². The van der Waals surface area contributed by atoms with Gasteiger partial charge in [-0.2, -0.15) is 4.79 Å². The maximum atomic E-state index is 7.27. The molecule has 0 amide bonds. The molecule has 1 aromatic heterocycles. The molecule has 6 nitrogen and oxygen atoms in total. The average Bonchev–Trinajstić information content (AvgIpc) is 2.37. The minimum Gasteiger partial charge on any atom is -0.369 e. The fraction of sp³-hybridized carbons (Fsp3) is 0.500. The highest BCUT2D eigenvalue weighted by atomic mass is 15.7. The lowest BCUT2D eigenvalue weighted by Crippen LogP contribution is -2.49. The van der Waals surface area contributed by atoms with E-state index in [1.54, 1.807) is 12.4 Å². The topological polar surface area (TPSA) is 83.8 Å². The van der Waals surface area contributed by atoms with Crippen LogP contribution in [0.5, 0.6) is 0 Å². The van der Waals surface area contributed by atoms with Gasteiger partial charge in [-0.3, -0.25) is 5.41 Å². The molecule has 0 aliphatic carbocycles. The lowest BCUT2D eigenvalue weighted by molar-refractivity contribution is 0.546. The Kier molecular flexibility index (Phi) is 2.27. The van der Waals surface area contributed by atoms with Gasteiger partial charge < -0.3 is 5.73 Å². The van der Waals surface area contributed by atoms with Gasteiger partial charge >= 0.3 is 0 Å². The van der Waals surface area contributed by atoms with Gasteiger partial charge in [0.2, 0.25) is 5.96 Å². The molecule has 0 saturated carbocycles. The molecule has 1 aromatic rings. The van der Waals surface area contributed by atoms with Gasteiger partial charge in [0.05, 0.1) is 18.4 Å². The van der Waals surface area contributed by atoms with Crippen LogP contribution in [-0.4, -0.2) is 27.1 Å². The second kappa shape index (κ2) is 3.21. The van der Waals surface area contributed by atoms with E-state index < -0.39 is 0 Å². The first kappa shape index (κ1) is 8.51. The number of nitrogens with zero attached hydrogens (tertiary/aromatic N) is 4. The Bertz CT molecular complexity index is 251. The van der Waals surface area contributed by atoms with Crippen molar-refractivity contribution in [2.75, 3.05) is 5.01 Å². The molecule has 66 valence electrons. The minimum absolute atomic E-state index is 0.0458. The summed E-state index contributed by atoms with van der Waals surface area (Å²) < 4.78 is 0. The van der Waals surface area contributed by atoms with Gasteiger partial charge in [-0.25, -0.2) is 5.01 Å². The Morgan fingerprint density at radius 3 is 2.67 bits per heavy atom. The molecule has 0 saturated heterocycles. The van der Waals surface area contributed by atoms with Crippen LogP contribution >= 0.6 is 0 Å². The SMILES string of the molecule is CC(C)N(C(=N)N)n1ccnn1. The predicted molar refractivity (Wildman–Crippen MR) is 45.3 cm³/mol. The molecule has 12 heavy (non-hydrogen) atoms. The van der Waals surface area contributed by atoms with Crippen molar-refractivity contribution in [2.45, 2.75) is 19.9 Å². The first-order valence-electron chi connectivity index (χ1n) is 3.62. The van der Waals surface area contributed by atoms with Crippen LogP contribution in [-0.2, 0) is 0 Å². The first-order valence-corrected chi connectivity index (χ1v) is 3.62. The maximum absolute atomic E-state index is 7.27. The molecule has 3 N–H and O–H groups in total. The molecule has 0 fully saturated rings. The van der Waals surface area contributed by atoms with Crippen molar-refractivity contribution < 1.29 is 0 Å². The van der Waals surface area contributed by atoms with Crippen LogP contribution in [0, 0.1) is 5.41 Å². The second-order valence-corrected chi connectivity index (χ2v) is 2.65. The minimum atomic E-state index is -0.0458. The van der Waals surface area contributed by atoms with Crippen LogP contribution in [0.25, 0.3) is 0 Å². The largest absolute Gasteiger partial charge is 0.369 e. The zero-order valence-corrected chi connectivity index (χ0v) is 7.10. The standard InChI is InChI=1S/C6H12N6/c1-5(2)12(6(7)8)11-4-3-9-10-11/h3-5H,1-2H3,(H3,7,8). The van der Waals surface area contributed by atoms with E-state index in [0.717, 1.165) is 0 Å². The molecule has 0 spiro atoms. The summed E-state index contributed by atoms with van der Waals surface area (Å²) >= 11 is 0.